The average molecular weight is 770 g/mol. The van der Waals surface area contributed by atoms with E-state index in [2.05, 4.69) is 55.8 Å². The Morgan fingerprint density at radius 3 is 2.27 bits per heavy atom. The Bertz CT molecular complexity index is 2390. The van der Waals surface area contributed by atoms with Gasteiger partial charge in [-0.2, -0.15) is 5.26 Å². The number of anilines is 1. The number of hydrogen-bond acceptors (Lipinski definition) is 8. The Labute approximate surface area is 329 Å². The highest BCUT2D eigenvalue weighted by molar-refractivity contribution is 6.31. The predicted octanol–water partition coefficient (Wildman–Crippen LogP) is 5.72. The maximum absolute atomic E-state index is 13.8. The van der Waals surface area contributed by atoms with Gasteiger partial charge in [-0.25, -0.2) is 0 Å². The lowest BCUT2D eigenvalue weighted by atomic mass is 9.49. The van der Waals surface area contributed by atoms with Crippen molar-refractivity contribution in [3.63, 3.8) is 0 Å². The Morgan fingerprint density at radius 1 is 0.857 bits per heavy atom. The zero-order valence-electron chi connectivity index (χ0n) is 31.6. The minimum Gasteiger partial charge on any atom is -0.489 e. The van der Waals surface area contributed by atoms with E-state index in [9.17, 15) is 29.2 Å². The van der Waals surface area contributed by atoms with Crippen molar-refractivity contribution in [2.24, 2.45) is 22.2 Å². The fourth-order valence-corrected chi connectivity index (χ4v) is 11.0. The highest BCUT2D eigenvalue weighted by Crippen LogP contribution is 2.59. The van der Waals surface area contributed by atoms with Crippen LogP contribution in [0.15, 0.2) is 54.6 Å². The number of ether oxygens (including phenoxy) is 1. The second-order valence-electron chi connectivity index (χ2n) is 17.5. The molecule has 1 atom stereocenters. The van der Waals surface area contributed by atoms with Gasteiger partial charge >= 0.3 is 0 Å². The molecule has 6 aliphatic rings. The standard InChI is InChI=1S/C44H40ClN5O6/c1-42(2)40(43(3,4)41(42)56-29-10-8-26(20-46)33(45)17-29)49-21-27-15-24(7-11-30(27)37(49)53)5-6-25-18-44(19-25)22-48(23-44)28-9-12-31-32(16-28)39(55)50(38(31)54)34-13-14-35(51)47-36(34)52/h7-12,15-17,25,34,40-41H,13-14,18-19,21-23H2,1-4H3,(H,47,51,52). The molecule has 3 aromatic rings. The van der Waals surface area contributed by atoms with E-state index in [1.807, 2.05) is 29.2 Å². The molecule has 0 aromatic heterocycles. The summed E-state index contributed by atoms with van der Waals surface area (Å²) in [7, 11) is 0. The third-order valence-electron chi connectivity index (χ3n) is 12.9. The van der Waals surface area contributed by atoms with Crippen LogP contribution in [0.2, 0.25) is 5.02 Å². The third-order valence-corrected chi connectivity index (χ3v) is 13.3. The van der Waals surface area contributed by atoms with Gasteiger partial charge in [0.2, 0.25) is 11.8 Å². The first-order valence-electron chi connectivity index (χ1n) is 19.0. The molecule has 4 aliphatic heterocycles. The molecule has 5 amide bonds. The van der Waals surface area contributed by atoms with E-state index in [0.717, 1.165) is 47.6 Å². The van der Waals surface area contributed by atoms with E-state index in [0.29, 0.717) is 34.0 Å². The number of carbonyl (C=O) groups excluding carboxylic acids is 5. The van der Waals surface area contributed by atoms with Gasteiger partial charge in [0.25, 0.3) is 17.7 Å². The van der Waals surface area contributed by atoms with Crippen molar-refractivity contribution in [2.45, 2.75) is 78.1 Å². The molecule has 3 aromatic carbocycles. The molecule has 1 spiro atoms. The highest BCUT2D eigenvalue weighted by atomic mass is 35.5. The van der Waals surface area contributed by atoms with Crippen LogP contribution in [0, 0.1) is 45.3 Å². The van der Waals surface area contributed by atoms with Gasteiger partial charge < -0.3 is 14.5 Å². The Balaban J connectivity index is 0.808. The van der Waals surface area contributed by atoms with Gasteiger partial charge in [-0.15, -0.1) is 0 Å². The number of benzene rings is 3. The molecular weight excluding hydrogens is 730 g/mol. The van der Waals surface area contributed by atoms with Crippen molar-refractivity contribution in [3.05, 3.63) is 93.0 Å². The van der Waals surface area contributed by atoms with Crippen LogP contribution in [0.5, 0.6) is 5.75 Å². The maximum atomic E-state index is 13.8. The van der Waals surface area contributed by atoms with E-state index in [1.54, 1.807) is 30.3 Å². The molecule has 2 saturated heterocycles. The first kappa shape index (κ1) is 36.0. The zero-order valence-corrected chi connectivity index (χ0v) is 32.3. The molecule has 0 bridgehead atoms. The first-order chi connectivity index (χ1) is 26.6. The van der Waals surface area contributed by atoms with Crippen LogP contribution in [0.1, 0.15) is 101 Å². The molecule has 1 N–H and O–H groups in total. The molecule has 0 radical (unpaired) electrons. The molecule has 284 valence electrons. The predicted molar refractivity (Wildman–Crippen MR) is 206 cm³/mol. The van der Waals surface area contributed by atoms with Crippen LogP contribution in [0.3, 0.4) is 0 Å². The van der Waals surface area contributed by atoms with Crippen molar-refractivity contribution in [2.75, 3.05) is 18.0 Å². The Hall–Kier alpha value is -5.65. The van der Waals surface area contributed by atoms with Crippen LogP contribution in [-0.4, -0.2) is 70.6 Å². The van der Waals surface area contributed by atoms with Crippen molar-refractivity contribution in [3.8, 4) is 23.7 Å². The number of nitriles is 1. The van der Waals surface area contributed by atoms with Gasteiger partial charge in [-0.1, -0.05) is 51.1 Å². The monoisotopic (exact) mass is 769 g/mol. The molecule has 9 rings (SSSR count). The molecule has 2 aliphatic carbocycles. The van der Waals surface area contributed by atoms with Gasteiger partial charge in [-0.3, -0.25) is 34.2 Å². The molecular formula is C44H40ClN5O6. The number of imide groups is 2. The smallest absolute Gasteiger partial charge is 0.262 e. The lowest BCUT2D eigenvalue weighted by molar-refractivity contribution is -0.199. The summed E-state index contributed by atoms with van der Waals surface area (Å²) in [5.74, 6) is 5.72. The normalized spacial score (nSPS) is 25.3. The van der Waals surface area contributed by atoms with Gasteiger partial charge in [0.05, 0.1) is 21.7 Å². The second kappa shape index (κ2) is 12.4. The topological polar surface area (TPSA) is 140 Å². The number of nitrogens with one attached hydrogen (secondary N) is 1. The van der Waals surface area contributed by atoms with E-state index in [4.69, 9.17) is 16.3 Å². The average Bonchev–Trinajstić information content (AvgIpc) is 3.56. The summed E-state index contributed by atoms with van der Waals surface area (Å²) >= 11 is 6.28. The summed E-state index contributed by atoms with van der Waals surface area (Å²) in [6, 6.07) is 17.3. The van der Waals surface area contributed by atoms with Crippen LogP contribution in [0.4, 0.5) is 5.69 Å². The Morgan fingerprint density at radius 2 is 1.57 bits per heavy atom. The summed E-state index contributed by atoms with van der Waals surface area (Å²) in [5, 5.41) is 11.8. The van der Waals surface area contributed by atoms with Crippen molar-refractivity contribution in [1.82, 2.24) is 15.1 Å². The van der Waals surface area contributed by atoms with Gasteiger partial charge in [0, 0.05) is 77.1 Å². The number of fused-ring (bicyclic) bond motifs is 2. The number of carbonyl (C=O) groups is 5. The summed E-state index contributed by atoms with van der Waals surface area (Å²) < 4.78 is 6.46. The van der Waals surface area contributed by atoms with Crippen molar-refractivity contribution in [1.29, 1.82) is 5.26 Å². The number of halogens is 1. The number of hydrogen-bond donors (Lipinski definition) is 1. The number of amides is 5. The van der Waals surface area contributed by atoms with Crippen LogP contribution in [-0.2, 0) is 16.1 Å². The van der Waals surface area contributed by atoms with Crippen molar-refractivity contribution < 1.29 is 28.7 Å². The minimum atomic E-state index is -0.984. The highest BCUT2D eigenvalue weighted by Gasteiger charge is 2.67. The fourth-order valence-electron chi connectivity index (χ4n) is 10.8. The second-order valence-corrected chi connectivity index (χ2v) is 17.9. The van der Waals surface area contributed by atoms with Crippen LogP contribution >= 0.6 is 11.6 Å². The quantitative estimate of drug-likeness (QED) is 0.257. The molecule has 12 heteroatoms. The Kier molecular flexibility index (Phi) is 7.99. The first-order valence-corrected chi connectivity index (χ1v) is 19.4. The summed E-state index contributed by atoms with van der Waals surface area (Å²) in [4.78, 5) is 69.4. The fraction of sp³-hybridized carbons (Fsp3) is 0.409. The number of nitrogens with zero attached hydrogens (tertiary/aromatic N) is 4. The van der Waals surface area contributed by atoms with Crippen molar-refractivity contribution >= 4 is 46.8 Å². The van der Waals surface area contributed by atoms with Crippen LogP contribution in [0.25, 0.3) is 0 Å². The molecule has 1 unspecified atom stereocenters. The number of rotatable bonds is 5. The molecule has 11 nitrogen and oxygen atoms in total. The van der Waals surface area contributed by atoms with Crippen LogP contribution < -0.4 is 15.0 Å². The third kappa shape index (κ3) is 5.43. The summed E-state index contributed by atoms with van der Waals surface area (Å²) in [6.45, 7) is 10.7. The SMILES string of the molecule is CC1(C)C(Oc2ccc(C#N)c(Cl)c2)C(C)(C)C1N1Cc2cc(C#CC3CC4(C3)CN(c3ccc5c(c3)C(=O)N(C3CCC(=O)NC3=O)C5=O)C4)ccc2C1=O. The van der Waals surface area contributed by atoms with Gasteiger partial charge in [0.1, 0.15) is 24.0 Å². The van der Waals surface area contributed by atoms with E-state index < -0.39 is 29.7 Å². The van der Waals surface area contributed by atoms with Gasteiger partial charge in [-0.05, 0) is 73.4 Å². The lowest BCUT2D eigenvalue weighted by Gasteiger charge is -2.65. The molecule has 4 fully saturated rings. The molecule has 56 heavy (non-hydrogen) atoms. The summed E-state index contributed by atoms with van der Waals surface area (Å²) in [5.41, 5.74) is 3.88. The van der Waals surface area contributed by atoms with E-state index in [1.165, 1.54) is 0 Å². The minimum absolute atomic E-state index is 0.0203. The lowest BCUT2D eigenvalue weighted by Crippen LogP contribution is -2.74. The van der Waals surface area contributed by atoms with Gasteiger partial charge in [0.15, 0.2) is 0 Å². The molecule has 4 heterocycles. The largest absolute Gasteiger partial charge is 0.489 e. The van der Waals surface area contributed by atoms with E-state index >= 15 is 0 Å². The number of piperidine rings is 1. The van der Waals surface area contributed by atoms with E-state index in [-0.39, 0.29) is 58.6 Å². The zero-order chi connectivity index (χ0) is 39.5. The molecule has 2 saturated carbocycles. The summed E-state index contributed by atoms with van der Waals surface area (Å²) in [6.07, 6.45) is 1.98. The maximum Gasteiger partial charge on any atom is 0.262 e.